The van der Waals surface area contributed by atoms with Crippen molar-refractivity contribution < 1.29 is 13.9 Å². The maximum absolute atomic E-state index is 12.6. The molecule has 4 rings (SSSR count). The van der Waals surface area contributed by atoms with Gasteiger partial charge in [-0.15, -0.1) is 0 Å². The molecule has 0 unspecified atom stereocenters. The Morgan fingerprint density at radius 1 is 1.19 bits per heavy atom. The van der Waals surface area contributed by atoms with Crippen LogP contribution in [0.3, 0.4) is 0 Å². The fraction of sp³-hybridized carbons (Fsp3) is 0.227. The molecule has 132 valence electrons. The summed E-state index contributed by atoms with van der Waals surface area (Å²) in [6.45, 7) is 8.00. The number of hydrogen-bond donors (Lipinski definition) is 0. The van der Waals surface area contributed by atoms with Crippen molar-refractivity contribution in [2.45, 2.75) is 25.9 Å². The Bertz CT molecular complexity index is 1080. The second-order valence-corrected chi connectivity index (χ2v) is 6.91. The fourth-order valence-corrected chi connectivity index (χ4v) is 3.27. The molecule has 1 aliphatic heterocycles. The van der Waals surface area contributed by atoms with E-state index in [2.05, 4.69) is 6.58 Å². The quantitative estimate of drug-likeness (QED) is 0.642. The van der Waals surface area contributed by atoms with Crippen molar-refractivity contribution in [2.75, 3.05) is 7.11 Å². The lowest BCUT2D eigenvalue weighted by Gasteiger charge is -2.23. The summed E-state index contributed by atoms with van der Waals surface area (Å²) in [6, 6.07) is 12.6. The van der Waals surface area contributed by atoms with Crippen LogP contribution in [0.1, 0.15) is 19.4 Å². The van der Waals surface area contributed by atoms with Gasteiger partial charge in [0, 0.05) is 23.6 Å². The highest BCUT2D eigenvalue weighted by atomic mass is 16.5. The van der Waals surface area contributed by atoms with Crippen molar-refractivity contribution in [1.82, 2.24) is 0 Å². The number of hydrogen-bond acceptors (Lipinski definition) is 4. The molecule has 0 saturated heterocycles. The van der Waals surface area contributed by atoms with E-state index in [9.17, 15) is 4.79 Å². The zero-order valence-corrected chi connectivity index (χ0v) is 15.1. The van der Waals surface area contributed by atoms with Gasteiger partial charge in [-0.2, -0.15) is 0 Å². The van der Waals surface area contributed by atoms with E-state index in [1.165, 1.54) is 6.07 Å². The highest BCUT2D eigenvalue weighted by Gasteiger charge is 2.37. The van der Waals surface area contributed by atoms with Crippen LogP contribution >= 0.6 is 0 Å². The van der Waals surface area contributed by atoms with Crippen molar-refractivity contribution in [2.24, 2.45) is 0 Å². The Morgan fingerprint density at radius 3 is 2.58 bits per heavy atom. The molecule has 0 aliphatic carbocycles. The molecule has 0 amide bonds. The lowest BCUT2D eigenvalue weighted by atomic mass is 9.92. The van der Waals surface area contributed by atoms with E-state index in [-0.39, 0.29) is 5.43 Å². The van der Waals surface area contributed by atoms with Crippen molar-refractivity contribution in [3.05, 3.63) is 70.4 Å². The minimum Gasteiger partial charge on any atom is -0.497 e. The monoisotopic (exact) mass is 348 g/mol. The SMILES string of the molecule is C=C(C)[C@@]1(C)Cc2c(ccc3c(=O)cc(-c4ccc(OC)cc4)oc23)O1. The third-order valence-electron chi connectivity index (χ3n) is 5.08. The van der Waals surface area contributed by atoms with Crippen LogP contribution in [0.5, 0.6) is 11.5 Å². The molecule has 1 aliphatic rings. The number of fused-ring (bicyclic) bond motifs is 3. The first-order valence-corrected chi connectivity index (χ1v) is 8.50. The third-order valence-corrected chi connectivity index (χ3v) is 5.08. The van der Waals surface area contributed by atoms with Gasteiger partial charge in [0.05, 0.1) is 12.5 Å². The summed E-state index contributed by atoms with van der Waals surface area (Å²) in [5.74, 6) is 2.03. The van der Waals surface area contributed by atoms with Gasteiger partial charge >= 0.3 is 0 Å². The Labute approximate surface area is 151 Å². The summed E-state index contributed by atoms with van der Waals surface area (Å²) < 4.78 is 17.5. The fourth-order valence-electron chi connectivity index (χ4n) is 3.27. The first kappa shape index (κ1) is 16.5. The molecule has 2 aromatic carbocycles. The first-order chi connectivity index (χ1) is 12.4. The van der Waals surface area contributed by atoms with Crippen LogP contribution in [0, 0.1) is 0 Å². The Morgan fingerprint density at radius 2 is 1.92 bits per heavy atom. The highest BCUT2D eigenvalue weighted by Crippen LogP contribution is 2.42. The molecule has 26 heavy (non-hydrogen) atoms. The lowest BCUT2D eigenvalue weighted by Crippen LogP contribution is -2.30. The molecule has 2 heterocycles. The van der Waals surface area contributed by atoms with Crippen LogP contribution in [-0.4, -0.2) is 12.7 Å². The second kappa shape index (κ2) is 5.77. The first-order valence-electron chi connectivity index (χ1n) is 8.50. The number of rotatable bonds is 3. The number of benzene rings is 2. The summed E-state index contributed by atoms with van der Waals surface area (Å²) in [5, 5.41) is 0.565. The Balaban J connectivity index is 1.89. The summed E-state index contributed by atoms with van der Waals surface area (Å²) in [7, 11) is 1.62. The van der Waals surface area contributed by atoms with E-state index < -0.39 is 5.60 Å². The number of methoxy groups -OCH3 is 1. The standard InChI is InChI=1S/C22H20O4/c1-13(2)22(3)12-17-19(26-22)10-9-16-18(23)11-20(25-21(16)17)14-5-7-15(24-4)8-6-14/h5-11H,1,12H2,2-4H3/t22-/m1/s1. The molecule has 3 aromatic rings. The molecule has 0 saturated carbocycles. The van der Waals surface area contributed by atoms with E-state index in [0.29, 0.717) is 23.2 Å². The zero-order chi connectivity index (χ0) is 18.5. The maximum Gasteiger partial charge on any atom is 0.193 e. The molecule has 1 aromatic heterocycles. The van der Waals surface area contributed by atoms with E-state index in [1.54, 1.807) is 13.2 Å². The van der Waals surface area contributed by atoms with Crippen LogP contribution in [-0.2, 0) is 6.42 Å². The Hall–Kier alpha value is -3.01. The van der Waals surface area contributed by atoms with Crippen LogP contribution in [0.25, 0.3) is 22.3 Å². The van der Waals surface area contributed by atoms with Crippen LogP contribution in [0.4, 0.5) is 0 Å². The summed E-state index contributed by atoms with van der Waals surface area (Å²) >= 11 is 0. The van der Waals surface area contributed by atoms with Gasteiger partial charge in [-0.3, -0.25) is 4.79 Å². The molecule has 4 heteroatoms. The molecule has 0 bridgehead atoms. The van der Waals surface area contributed by atoms with Gasteiger partial charge in [-0.25, -0.2) is 0 Å². The van der Waals surface area contributed by atoms with Crippen molar-refractivity contribution >= 4 is 11.0 Å². The average Bonchev–Trinajstić information content (AvgIpc) is 3.00. The Kier molecular flexibility index (Phi) is 3.65. The van der Waals surface area contributed by atoms with E-state index in [1.807, 2.05) is 44.2 Å². The summed E-state index contributed by atoms with van der Waals surface area (Å²) in [6.07, 6.45) is 0.629. The largest absolute Gasteiger partial charge is 0.497 e. The highest BCUT2D eigenvalue weighted by molar-refractivity contribution is 5.84. The predicted molar refractivity (Wildman–Crippen MR) is 102 cm³/mol. The second-order valence-electron chi connectivity index (χ2n) is 6.91. The van der Waals surface area contributed by atoms with Gasteiger partial charge in [0.15, 0.2) is 5.43 Å². The van der Waals surface area contributed by atoms with Gasteiger partial charge in [0.1, 0.15) is 28.4 Å². The summed E-state index contributed by atoms with van der Waals surface area (Å²) in [4.78, 5) is 12.6. The molecule has 0 spiro atoms. The number of ether oxygens (including phenoxy) is 2. The van der Waals surface area contributed by atoms with Crippen LogP contribution in [0.2, 0.25) is 0 Å². The van der Waals surface area contributed by atoms with Gasteiger partial charge in [-0.05, 0) is 55.8 Å². The van der Waals surface area contributed by atoms with Crippen LogP contribution in [0.15, 0.2) is 63.8 Å². The smallest absolute Gasteiger partial charge is 0.193 e. The maximum atomic E-state index is 12.6. The van der Waals surface area contributed by atoms with Gasteiger partial charge in [-0.1, -0.05) is 6.58 Å². The predicted octanol–water partition coefficient (Wildman–Crippen LogP) is 4.74. The zero-order valence-electron chi connectivity index (χ0n) is 15.1. The molecule has 0 radical (unpaired) electrons. The van der Waals surface area contributed by atoms with E-state index in [4.69, 9.17) is 13.9 Å². The molecule has 1 atom stereocenters. The minimum absolute atomic E-state index is 0.0659. The van der Waals surface area contributed by atoms with Crippen LogP contribution < -0.4 is 14.9 Å². The van der Waals surface area contributed by atoms with E-state index in [0.717, 1.165) is 28.2 Å². The lowest BCUT2D eigenvalue weighted by molar-refractivity contribution is 0.157. The normalized spacial score (nSPS) is 18.4. The molecular weight excluding hydrogens is 328 g/mol. The molecule has 0 N–H and O–H groups in total. The van der Waals surface area contributed by atoms with Crippen molar-refractivity contribution in [3.63, 3.8) is 0 Å². The van der Waals surface area contributed by atoms with E-state index >= 15 is 0 Å². The van der Waals surface area contributed by atoms with Gasteiger partial charge in [0.25, 0.3) is 0 Å². The third kappa shape index (κ3) is 2.49. The molecule has 0 fully saturated rings. The topological polar surface area (TPSA) is 48.7 Å². The molecule has 4 nitrogen and oxygen atoms in total. The minimum atomic E-state index is -0.481. The van der Waals surface area contributed by atoms with Gasteiger partial charge < -0.3 is 13.9 Å². The average molecular weight is 348 g/mol. The summed E-state index contributed by atoms with van der Waals surface area (Å²) in [5.41, 5.74) is 2.72. The van der Waals surface area contributed by atoms with Crippen molar-refractivity contribution in [3.8, 4) is 22.8 Å². The van der Waals surface area contributed by atoms with Gasteiger partial charge in [0.2, 0.25) is 0 Å². The van der Waals surface area contributed by atoms with Crippen molar-refractivity contribution in [1.29, 1.82) is 0 Å². The molecular formula is C22H20O4.